The summed E-state index contributed by atoms with van der Waals surface area (Å²) >= 11 is 0. The van der Waals surface area contributed by atoms with Gasteiger partial charge in [-0.25, -0.2) is 0 Å². The molecule has 0 aromatic heterocycles. The van der Waals surface area contributed by atoms with E-state index in [0.717, 1.165) is 18.9 Å². The van der Waals surface area contributed by atoms with Crippen LogP contribution in [0.25, 0.3) is 0 Å². The Morgan fingerprint density at radius 3 is 2.35 bits per heavy atom. The summed E-state index contributed by atoms with van der Waals surface area (Å²) in [5.74, 6) is 6.90. The standard InChI is InChI=1S/C16H31N/c1-7-9-10-11-15(17-12-8-2)13-14(3)16(4,5)6/h14-15,17H,8,10-13H2,1-6H3. The molecule has 1 N–H and O–H groups in total. The van der Waals surface area contributed by atoms with Crippen LogP contribution in [0.15, 0.2) is 0 Å². The molecule has 0 amide bonds. The summed E-state index contributed by atoms with van der Waals surface area (Å²) in [6, 6.07) is 0.630. The summed E-state index contributed by atoms with van der Waals surface area (Å²) in [4.78, 5) is 0. The molecular weight excluding hydrogens is 206 g/mol. The molecule has 0 spiro atoms. The first kappa shape index (κ1) is 16.5. The van der Waals surface area contributed by atoms with E-state index in [9.17, 15) is 0 Å². The highest BCUT2D eigenvalue weighted by molar-refractivity contribution is 4.95. The minimum atomic E-state index is 0.405. The lowest BCUT2D eigenvalue weighted by Crippen LogP contribution is -2.34. The molecule has 17 heavy (non-hydrogen) atoms. The minimum absolute atomic E-state index is 0.405. The monoisotopic (exact) mass is 237 g/mol. The van der Waals surface area contributed by atoms with Crippen molar-refractivity contribution in [1.29, 1.82) is 0 Å². The summed E-state index contributed by atoms with van der Waals surface area (Å²) < 4.78 is 0. The Labute approximate surface area is 109 Å². The zero-order valence-electron chi connectivity index (χ0n) is 12.7. The SMILES string of the molecule is CC#CCCC(CC(C)C(C)(C)C)NCCC. The molecule has 0 aromatic carbocycles. The second-order valence-corrected chi connectivity index (χ2v) is 6.12. The molecule has 0 heterocycles. The van der Waals surface area contributed by atoms with Crippen molar-refractivity contribution in [3.05, 3.63) is 0 Å². The van der Waals surface area contributed by atoms with E-state index in [1.165, 1.54) is 19.3 Å². The van der Waals surface area contributed by atoms with Crippen LogP contribution in [0.5, 0.6) is 0 Å². The van der Waals surface area contributed by atoms with Crippen molar-refractivity contribution < 1.29 is 0 Å². The van der Waals surface area contributed by atoms with Gasteiger partial charge in [0.15, 0.2) is 0 Å². The third kappa shape index (κ3) is 8.27. The van der Waals surface area contributed by atoms with Crippen LogP contribution in [-0.2, 0) is 0 Å². The van der Waals surface area contributed by atoms with Crippen LogP contribution >= 0.6 is 0 Å². The maximum absolute atomic E-state index is 3.66. The van der Waals surface area contributed by atoms with Crippen molar-refractivity contribution in [2.75, 3.05) is 6.54 Å². The molecule has 2 atom stereocenters. The Hall–Kier alpha value is -0.480. The molecule has 0 radical (unpaired) electrons. The van der Waals surface area contributed by atoms with E-state index in [0.29, 0.717) is 11.5 Å². The fourth-order valence-corrected chi connectivity index (χ4v) is 1.80. The molecular formula is C16H31N. The molecule has 0 aliphatic heterocycles. The van der Waals surface area contributed by atoms with E-state index in [1.54, 1.807) is 0 Å². The molecule has 0 bridgehead atoms. The molecule has 0 aromatic rings. The molecule has 100 valence electrons. The van der Waals surface area contributed by atoms with E-state index in [1.807, 2.05) is 6.92 Å². The topological polar surface area (TPSA) is 12.0 Å². The van der Waals surface area contributed by atoms with Gasteiger partial charge in [-0.15, -0.1) is 11.8 Å². The maximum Gasteiger partial charge on any atom is 0.0103 e. The van der Waals surface area contributed by atoms with Gasteiger partial charge in [-0.3, -0.25) is 0 Å². The first-order valence-corrected chi connectivity index (χ1v) is 7.04. The Morgan fingerprint density at radius 1 is 1.24 bits per heavy atom. The van der Waals surface area contributed by atoms with E-state index in [2.05, 4.69) is 51.8 Å². The normalized spacial score (nSPS) is 14.9. The van der Waals surface area contributed by atoms with Gasteiger partial charge < -0.3 is 5.32 Å². The fourth-order valence-electron chi connectivity index (χ4n) is 1.80. The van der Waals surface area contributed by atoms with E-state index in [-0.39, 0.29) is 0 Å². The lowest BCUT2D eigenvalue weighted by molar-refractivity contribution is 0.219. The largest absolute Gasteiger partial charge is 0.314 e. The smallest absolute Gasteiger partial charge is 0.0103 e. The van der Waals surface area contributed by atoms with Gasteiger partial charge in [0.25, 0.3) is 0 Å². The van der Waals surface area contributed by atoms with E-state index in [4.69, 9.17) is 0 Å². The average Bonchev–Trinajstić information content (AvgIpc) is 2.24. The summed E-state index contributed by atoms with van der Waals surface area (Å²) in [6.07, 6.45) is 4.67. The van der Waals surface area contributed by atoms with E-state index < -0.39 is 0 Å². The van der Waals surface area contributed by atoms with Crippen LogP contribution in [0.3, 0.4) is 0 Å². The summed E-state index contributed by atoms with van der Waals surface area (Å²) in [7, 11) is 0. The Balaban J connectivity index is 4.20. The Morgan fingerprint density at radius 2 is 1.88 bits per heavy atom. The highest BCUT2D eigenvalue weighted by Crippen LogP contribution is 2.29. The van der Waals surface area contributed by atoms with Crippen molar-refractivity contribution >= 4 is 0 Å². The first-order valence-electron chi connectivity index (χ1n) is 7.04. The molecule has 0 aliphatic rings. The molecule has 0 saturated heterocycles. The number of nitrogens with one attached hydrogen (secondary N) is 1. The number of rotatable bonds is 7. The van der Waals surface area contributed by atoms with Gasteiger partial charge in [-0.05, 0) is 44.1 Å². The predicted octanol–water partition coefficient (Wildman–Crippen LogP) is 4.23. The average molecular weight is 237 g/mol. The Bertz CT molecular complexity index is 238. The zero-order chi connectivity index (χ0) is 13.3. The van der Waals surface area contributed by atoms with Crippen molar-refractivity contribution in [1.82, 2.24) is 5.32 Å². The molecule has 2 unspecified atom stereocenters. The van der Waals surface area contributed by atoms with Gasteiger partial charge in [-0.1, -0.05) is 34.6 Å². The second kappa shape index (κ2) is 8.59. The lowest BCUT2D eigenvalue weighted by Gasteiger charge is -2.31. The predicted molar refractivity (Wildman–Crippen MR) is 78.0 cm³/mol. The molecule has 1 nitrogen and oxygen atoms in total. The summed E-state index contributed by atoms with van der Waals surface area (Å²) in [5, 5.41) is 3.66. The highest BCUT2D eigenvalue weighted by Gasteiger charge is 2.22. The minimum Gasteiger partial charge on any atom is -0.314 e. The lowest BCUT2D eigenvalue weighted by atomic mass is 9.78. The molecule has 0 saturated carbocycles. The summed E-state index contributed by atoms with van der Waals surface area (Å²) in [6.45, 7) is 14.6. The van der Waals surface area contributed by atoms with Crippen molar-refractivity contribution in [3.63, 3.8) is 0 Å². The van der Waals surface area contributed by atoms with Gasteiger partial charge in [0, 0.05) is 12.5 Å². The zero-order valence-corrected chi connectivity index (χ0v) is 12.7. The van der Waals surface area contributed by atoms with Crippen molar-refractivity contribution in [2.24, 2.45) is 11.3 Å². The Kier molecular flexibility index (Phi) is 8.35. The highest BCUT2D eigenvalue weighted by atomic mass is 14.9. The van der Waals surface area contributed by atoms with Crippen LogP contribution in [-0.4, -0.2) is 12.6 Å². The van der Waals surface area contributed by atoms with Gasteiger partial charge >= 0.3 is 0 Å². The molecule has 0 aliphatic carbocycles. The van der Waals surface area contributed by atoms with Crippen LogP contribution in [0.4, 0.5) is 0 Å². The number of hydrogen-bond donors (Lipinski definition) is 1. The maximum atomic E-state index is 3.66. The van der Waals surface area contributed by atoms with Crippen LogP contribution in [0.2, 0.25) is 0 Å². The van der Waals surface area contributed by atoms with E-state index >= 15 is 0 Å². The quantitative estimate of drug-likeness (QED) is 0.653. The number of hydrogen-bond acceptors (Lipinski definition) is 1. The molecule has 0 fully saturated rings. The third-order valence-corrected chi connectivity index (χ3v) is 3.59. The van der Waals surface area contributed by atoms with Crippen LogP contribution in [0.1, 0.15) is 67.2 Å². The fraction of sp³-hybridized carbons (Fsp3) is 0.875. The summed E-state index contributed by atoms with van der Waals surface area (Å²) in [5.41, 5.74) is 0.405. The van der Waals surface area contributed by atoms with Crippen LogP contribution < -0.4 is 5.32 Å². The van der Waals surface area contributed by atoms with Gasteiger partial charge in [0.05, 0.1) is 0 Å². The third-order valence-electron chi connectivity index (χ3n) is 3.59. The van der Waals surface area contributed by atoms with Crippen molar-refractivity contribution in [2.45, 2.75) is 73.3 Å². The van der Waals surface area contributed by atoms with Gasteiger partial charge in [0.1, 0.15) is 0 Å². The van der Waals surface area contributed by atoms with Gasteiger partial charge in [0.2, 0.25) is 0 Å². The molecule has 1 heteroatoms. The molecule has 0 rings (SSSR count). The van der Waals surface area contributed by atoms with Crippen molar-refractivity contribution in [3.8, 4) is 11.8 Å². The first-order chi connectivity index (χ1) is 7.91. The van der Waals surface area contributed by atoms with Crippen LogP contribution in [0, 0.1) is 23.2 Å². The van der Waals surface area contributed by atoms with Gasteiger partial charge in [-0.2, -0.15) is 0 Å². The second-order valence-electron chi connectivity index (χ2n) is 6.12.